The van der Waals surface area contributed by atoms with Gasteiger partial charge in [-0.15, -0.1) is 0 Å². The number of hydrogen-bond donors (Lipinski definition) is 2. The molecule has 208 valence electrons. The van der Waals surface area contributed by atoms with E-state index >= 15 is 0 Å². The smallest absolute Gasteiger partial charge is 0.243 e. The highest BCUT2D eigenvalue weighted by molar-refractivity contribution is 7.89. The quantitative estimate of drug-likeness (QED) is 0.461. The molecule has 2 aliphatic rings. The van der Waals surface area contributed by atoms with Gasteiger partial charge < -0.3 is 16.0 Å². The number of nitriles is 1. The lowest BCUT2D eigenvalue weighted by Crippen LogP contribution is -2.59. The standard InChI is InChI=1S/C31H35N5O3S/c1-35-16-18-36(19-17-35)40(38,39)29-12-10-26(11-13-29)25-8-6-23(7-9-25)20-28(22-32)34-30(37)31(33)15-14-24-4-2-3-5-27(24)21-31/h2-13,28H,14-21,33H2,1H3,(H,34,37)/t28-,31?/m0/s1. The van der Waals surface area contributed by atoms with Crippen molar-refractivity contribution in [1.29, 1.82) is 5.26 Å². The van der Waals surface area contributed by atoms with Gasteiger partial charge in [-0.1, -0.05) is 60.7 Å². The van der Waals surface area contributed by atoms with Crippen LogP contribution in [0, 0.1) is 11.3 Å². The van der Waals surface area contributed by atoms with E-state index < -0.39 is 21.6 Å². The lowest BCUT2D eigenvalue weighted by molar-refractivity contribution is -0.127. The number of sulfonamides is 1. The minimum absolute atomic E-state index is 0.295. The summed E-state index contributed by atoms with van der Waals surface area (Å²) in [7, 11) is -1.52. The summed E-state index contributed by atoms with van der Waals surface area (Å²) in [6.45, 7) is 2.43. The van der Waals surface area contributed by atoms with Crippen LogP contribution in [0.15, 0.2) is 77.7 Å². The average Bonchev–Trinajstić information content (AvgIpc) is 2.97. The first kappa shape index (κ1) is 28.0. The molecule has 5 rings (SSSR count). The Morgan fingerprint density at radius 3 is 2.20 bits per heavy atom. The third kappa shape index (κ3) is 5.96. The summed E-state index contributed by atoms with van der Waals surface area (Å²) in [4.78, 5) is 15.5. The number of amides is 1. The van der Waals surface area contributed by atoms with Gasteiger partial charge in [0, 0.05) is 32.6 Å². The molecule has 0 spiro atoms. The van der Waals surface area contributed by atoms with Crippen molar-refractivity contribution in [3.05, 3.63) is 89.5 Å². The zero-order valence-corrected chi connectivity index (χ0v) is 23.5. The van der Waals surface area contributed by atoms with E-state index in [-0.39, 0.29) is 5.91 Å². The third-order valence-electron chi connectivity index (χ3n) is 8.06. The first-order valence-corrected chi connectivity index (χ1v) is 15.1. The lowest BCUT2D eigenvalue weighted by Gasteiger charge is -2.34. The minimum atomic E-state index is -3.51. The Morgan fingerprint density at radius 2 is 1.57 bits per heavy atom. The molecule has 1 saturated heterocycles. The van der Waals surface area contributed by atoms with Gasteiger partial charge in [0.2, 0.25) is 15.9 Å². The number of piperazine rings is 1. The summed E-state index contributed by atoms with van der Waals surface area (Å²) in [5.41, 5.74) is 10.5. The van der Waals surface area contributed by atoms with Crippen LogP contribution in [-0.4, -0.2) is 68.3 Å². The minimum Gasteiger partial charge on any atom is -0.338 e. The van der Waals surface area contributed by atoms with Crippen LogP contribution in [0.25, 0.3) is 11.1 Å². The molecule has 1 unspecified atom stereocenters. The second kappa shape index (κ2) is 11.5. The first-order valence-electron chi connectivity index (χ1n) is 13.6. The number of likely N-dealkylation sites (N-methyl/N-ethyl adjacent to an activating group) is 1. The molecule has 1 aliphatic heterocycles. The fourth-order valence-corrected chi connectivity index (χ4v) is 6.87. The van der Waals surface area contributed by atoms with Crippen molar-refractivity contribution in [1.82, 2.24) is 14.5 Å². The van der Waals surface area contributed by atoms with E-state index in [9.17, 15) is 18.5 Å². The molecule has 8 nitrogen and oxygen atoms in total. The van der Waals surface area contributed by atoms with Crippen molar-refractivity contribution in [2.45, 2.75) is 42.2 Å². The zero-order valence-electron chi connectivity index (χ0n) is 22.7. The molecule has 1 heterocycles. The van der Waals surface area contributed by atoms with Gasteiger partial charge in [0.05, 0.1) is 16.5 Å². The number of fused-ring (bicyclic) bond motifs is 1. The van der Waals surface area contributed by atoms with Crippen molar-refractivity contribution in [3.63, 3.8) is 0 Å². The fraction of sp³-hybridized carbons (Fsp3) is 0.355. The Bertz CT molecular complexity index is 1510. The van der Waals surface area contributed by atoms with Gasteiger partial charge >= 0.3 is 0 Å². The number of rotatable bonds is 7. The molecular weight excluding hydrogens is 522 g/mol. The molecular formula is C31H35N5O3S. The summed E-state index contributed by atoms with van der Waals surface area (Å²) >= 11 is 0. The van der Waals surface area contributed by atoms with E-state index in [0.717, 1.165) is 41.8 Å². The van der Waals surface area contributed by atoms with Crippen LogP contribution in [0.3, 0.4) is 0 Å². The van der Waals surface area contributed by atoms with Crippen LogP contribution >= 0.6 is 0 Å². The van der Waals surface area contributed by atoms with Gasteiger partial charge in [-0.25, -0.2) is 8.42 Å². The van der Waals surface area contributed by atoms with Crippen LogP contribution in [-0.2, 0) is 34.1 Å². The number of nitrogens with zero attached hydrogens (tertiary/aromatic N) is 3. The van der Waals surface area contributed by atoms with Crippen molar-refractivity contribution in [2.75, 3.05) is 33.2 Å². The van der Waals surface area contributed by atoms with E-state index in [1.54, 1.807) is 16.4 Å². The van der Waals surface area contributed by atoms with Gasteiger partial charge in [-0.3, -0.25) is 4.79 Å². The average molecular weight is 558 g/mol. The van der Waals surface area contributed by atoms with Crippen LogP contribution in [0.5, 0.6) is 0 Å². The van der Waals surface area contributed by atoms with E-state index in [1.165, 1.54) is 5.56 Å². The predicted octanol–water partition coefficient (Wildman–Crippen LogP) is 2.73. The Kier molecular flexibility index (Phi) is 8.06. The first-order chi connectivity index (χ1) is 19.2. The maximum absolute atomic E-state index is 13.1. The fourth-order valence-electron chi connectivity index (χ4n) is 5.45. The SMILES string of the molecule is CN1CCN(S(=O)(=O)c2ccc(-c3ccc(C[C@@H](C#N)NC(=O)C4(N)CCc5ccccc5C4)cc3)cc2)CC1. The van der Waals surface area contributed by atoms with Crippen LogP contribution in [0.2, 0.25) is 0 Å². The summed E-state index contributed by atoms with van der Waals surface area (Å²) in [5.74, 6) is -0.295. The predicted molar refractivity (Wildman–Crippen MR) is 155 cm³/mol. The maximum Gasteiger partial charge on any atom is 0.243 e. The van der Waals surface area contributed by atoms with Gasteiger partial charge in [-0.2, -0.15) is 9.57 Å². The number of benzene rings is 3. The number of carbonyl (C=O) groups is 1. The molecule has 1 amide bonds. The summed E-state index contributed by atoms with van der Waals surface area (Å²) in [6, 6.07) is 24.2. The largest absolute Gasteiger partial charge is 0.338 e. The Labute approximate surface area is 236 Å². The van der Waals surface area contributed by atoms with Gasteiger partial charge in [0.25, 0.3) is 0 Å². The van der Waals surface area contributed by atoms with Crippen LogP contribution in [0.1, 0.15) is 23.1 Å². The van der Waals surface area contributed by atoms with E-state index in [0.29, 0.717) is 37.2 Å². The number of nitrogens with two attached hydrogens (primary N) is 1. The van der Waals surface area contributed by atoms with Crippen molar-refractivity contribution < 1.29 is 13.2 Å². The van der Waals surface area contributed by atoms with E-state index in [2.05, 4.69) is 22.4 Å². The summed E-state index contributed by atoms with van der Waals surface area (Å²) in [5, 5.41) is 12.6. The molecule has 1 fully saturated rings. The van der Waals surface area contributed by atoms with Crippen molar-refractivity contribution in [2.24, 2.45) is 5.73 Å². The van der Waals surface area contributed by atoms with E-state index in [1.807, 2.05) is 61.6 Å². The number of aryl methyl sites for hydroxylation is 1. The molecule has 0 aromatic heterocycles. The second-order valence-corrected chi connectivity index (χ2v) is 12.8. The summed E-state index contributed by atoms with van der Waals surface area (Å²) < 4.78 is 27.6. The molecule has 2 atom stereocenters. The lowest BCUT2D eigenvalue weighted by atomic mass is 9.78. The second-order valence-electron chi connectivity index (χ2n) is 10.9. The molecule has 40 heavy (non-hydrogen) atoms. The number of carbonyl (C=O) groups excluding carboxylic acids is 1. The molecule has 0 bridgehead atoms. The molecule has 0 saturated carbocycles. The van der Waals surface area contributed by atoms with Gasteiger partial charge in [-0.05, 0) is 66.3 Å². The monoisotopic (exact) mass is 557 g/mol. The molecule has 9 heteroatoms. The van der Waals surface area contributed by atoms with E-state index in [4.69, 9.17) is 5.73 Å². The Morgan fingerprint density at radius 1 is 0.975 bits per heavy atom. The van der Waals surface area contributed by atoms with Crippen LogP contribution < -0.4 is 11.1 Å². The molecule has 0 radical (unpaired) electrons. The molecule has 3 aromatic carbocycles. The molecule has 3 aromatic rings. The zero-order chi connectivity index (χ0) is 28.3. The van der Waals surface area contributed by atoms with Crippen LogP contribution in [0.4, 0.5) is 0 Å². The van der Waals surface area contributed by atoms with Gasteiger partial charge in [0.1, 0.15) is 6.04 Å². The highest BCUT2D eigenvalue weighted by Crippen LogP contribution is 2.28. The number of hydrogen-bond acceptors (Lipinski definition) is 6. The Hall–Kier alpha value is -3.55. The number of nitrogens with one attached hydrogen (secondary N) is 1. The molecule has 3 N–H and O–H groups in total. The third-order valence-corrected chi connectivity index (χ3v) is 9.97. The summed E-state index contributed by atoms with van der Waals surface area (Å²) in [6.07, 6.45) is 2.09. The molecule has 1 aliphatic carbocycles. The highest BCUT2D eigenvalue weighted by atomic mass is 32.2. The van der Waals surface area contributed by atoms with Gasteiger partial charge in [0.15, 0.2) is 0 Å². The highest BCUT2D eigenvalue weighted by Gasteiger charge is 2.38. The van der Waals surface area contributed by atoms with Crippen molar-refractivity contribution >= 4 is 15.9 Å². The van der Waals surface area contributed by atoms with Crippen molar-refractivity contribution in [3.8, 4) is 17.2 Å². The maximum atomic E-state index is 13.1. The normalized spacial score (nSPS) is 20.7. The Balaban J connectivity index is 1.21. The topological polar surface area (TPSA) is 120 Å².